The van der Waals surface area contributed by atoms with Crippen LogP contribution in [0.1, 0.15) is 18.2 Å². The van der Waals surface area contributed by atoms with Crippen molar-refractivity contribution in [1.82, 2.24) is 4.98 Å². The van der Waals surface area contributed by atoms with Crippen molar-refractivity contribution < 1.29 is 4.79 Å². The van der Waals surface area contributed by atoms with Gasteiger partial charge in [-0.05, 0) is 30.4 Å². The second-order valence-electron chi connectivity index (χ2n) is 5.02. The Morgan fingerprint density at radius 2 is 2.12 bits per heavy atom. The maximum atomic E-state index is 11.4. The summed E-state index contributed by atoms with van der Waals surface area (Å²) in [5.74, 6) is 0.122. The van der Waals surface area contributed by atoms with E-state index in [1.54, 1.807) is 0 Å². The fourth-order valence-electron chi connectivity index (χ4n) is 2.93. The summed E-state index contributed by atoms with van der Waals surface area (Å²) in [6.45, 7) is 2.11. The highest BCUT2D eigenvalue weighted by Crippen LogP contribution is 2.34. The highest BCUT2D eigenvalue weighted by atomic mass is 16.1. The quantitative estimate of drug-likeness (QED) is 0.770. The van der Waals surface area contributed by atoms with E-state index in [0.29, 0.717) is 5.92 Å². The van der Waals surface area contributed by atoms with Crippen LogP contribution in [-0.2, 0) is 17.6 Å². The average molecular weight is 228 g/mol. The van der Waals surface area contributed by atoms with Crippen LogP contribution < -0.4 is 5.73 Å². The first-order chi connectivity index (χ1) is 8.16. The number of hydrogen-bond acceptors (Lipinski definition) is 1. The van der Waals surface area contributed by atoms with Crippen LogP contribution in [-0.4, -0.2) is 10.9 Å². The lowest BCUT2D eigenvalue weighted by molar-refractivity contribution is -0.123. The Bertz CT molecular complexity index is 585. The molecule has 0 saturated heterocycles. The van der Waals surface area contributed by atoms with Crippen molar-refractivity contribution in [1.29, 1.82) is 0 Å². The third-order valence-corrected chi connectivity index (χ3v) is 3.90. The Labute approximate surface area is 100 Å². The van der Waals surface area contributed by atoms with E-state index < -0.39 is 0 Å². The zero-order valence-corrected chi connectivity index (χ0v) is 9.86. The number of nitrogens with one attached hydrogen (secondary N) is 1. The molecule has 0 aliphatic heterocycles. The minimum atomic E-state index is -0.179. The van der Waals surface area contributed by atoms with Crippen LogP contribution in [0.5, 0.6) is 0 Å². The summed E-state index contributed by atoms with van der Waals surface area (Å²) in [5.41, 5.74) is 9.17. The molecule has 1 aromatic heterocycles. The molecule has 0 bridgehead atoms. The zero-order chi connectivity index (χ0) is 12.0. The number of amides is 1. The van der Waals surface area contributed by atoms with Gasteiger partial charge in [-0.1, -0.05) is 25.1 Å². The van der Waals surface area contributed by atoms with Crippen LogP contribution in [0.4, 0.5) is 0 Å². The number of fused-ring (bicyclic) bond motifs is 3. The van der Waals surface area contributed by atoms with Crippen LogP contribution in [0.15, 0.2) is 24.3 Å². The van der Waals surface area contributed by atoms with E-state index in [9.17, 15) is 4.79 Å². The molecule has 3 heteroatoms. The van der Waals surface area contributed by atoms with Crippen molar-refractivity contribution in [3.8, 4) is 0 Å². The van der Waals surface area contributed by atoms with Crippen LogP contribution >= 0.6 is 0 Å². The van der Waals surface area contributed by atoms with Crippen molar-refractivity contribution in [2.75, 3.05) is 0 Å². The van der Waals surface area contributed by atoms with E-state index in [2.05, 4.69) is 30.1 Å². The first kappa shape index (κ1) is 10.4. The molecule has 2 aromatic rings. The lowest BCUT2D eigenvalue weighted by atomic mass is 9.78. The van der Waals surface area contributed by atoms with E-state index >= 15 is 0 Å². The lowest BCUT2D eigenvalue weighted by Crippen LogP contribution is -2.34. The normalized spacial score (nSPS) is 23.6. The Kier molecular flexibility index (Phi) is 2.21. The van der Waals surface area contributed by atoms with Crippen LogP contribution in [0.2, 0.25) is 0 Å². The maximum Gasteiger partial charge on any atom is 0.221 e. The number of primary amides is 1. The highest BCUT2D eigenvalue weighted by Gasteiger charge is 2.31. The van der Waals surface area contributed by atoms with Gasteiger partial charge >= 0.3 is 0 Å². The van der Waals surface area contributed by atoms with Crippen LogP contribution in [0, 0.1) is 11.8 Å². The van der Waals surface area contributed by atoms with E-state index in [1.807, 2.05) is 6.07 Å². The molecule has 2 unspecified atom stereocenters. The monoisotopic (exact) mass is 228 g/mol. The van der Waals surface area contributed by atoms with Gasteiger partial charge < -0.3 is 10.7 Å². The Morgan fingerprint density at radius 1 is 1.35 bits per heavy atom. The molecule has 1 aliphatic rings. The SMILES string of the molecule is CC1Cc2c([nH]c3ccccc23)CC1C(N)=O. The number of H-pyrrole nitrogens is 1. The predicted octanol–water partition coefficient (Wildman–Crippen LogP) is 2.00. The zero-order valence-electron chi connectivity index (χ0n) is 9.86. The number of hydrogen-bond donors (Lipinski definition) is 2. The molecule has 2 atom stereocenters. The summed E-state index contributed by atoms with van der Waals surface area (Å²) >= 11 is 0. The molecule has 1 amide bonds. The predicted molar refractivity (Wildman–Crippen MR) is 67.6 cm³/mol. The number of rotatable bonds is 1. The second kappa shape index (κ2) is 3.62. The van der Waals surface area contributed by atoms with Gasteiger partial charge in [0.15, 0.2) is 0 Å². The molecular weight excluding hydrogens is 212 g/mol. The summed E-state index contributed by atoms with van der Waals surface area (Å²) in [7, 11) is 0. The summed E-state index contributed by atoms with van der Waals surface area (Å²) in [6, 6.07) is 8.31. The summed E-state index contributed by atoms with van der Waals surface area (Å²) in [5, 5.41) is 1.29. The fourth-order valence-corrected chi connectivity index (χ4v) is 2.93. The molecular formula is C14H16N2O. The summed E-state index contributed by atoms with van der Waals surface area (Å²) in [4.78, 5) is 14.8. The topological polar surface area (TPSA) is 58.9 Å². The van der Waals surface area contributed by atoms with Crippen molar-refractivity contribution in [3.63, 3.8) is 0 Å². The Morgan fingerprint density at radius 3 is 2.88 bits per heavy atom. The van der Waals surface area contributed by atoms with E-state index in [4.69, 9.17) is 5.73 Å². The molecule has 3 nitrogen and oxygen atoms in total. The largest absolute Gasteiger partial charge is 0.369 e. The number of aromatic amines is 1. The molecule has 88 valence electrons. The van der Waals surface area contributed by atoms with Crippen molar-refractivity contribution in [2.45, 2.75) is 19.8 Å². The Balaban J connectivity index is 2.12. The minimum absolute atomic E-state index is 0.0319. The first-order valence-electron chi connectivity index (χ1n) is 6.04. The van der Waals surface area contributed by atoms with Gasteiger partial charge in [-0.2, -0.15) is 0 Å². The van der Waals surface area contributed by atoms with Crippen LogP contribution in [0.3, 0.4) is 0 Å². The van der Waals surface area contributed by atoms with E-state index in [0.717, 1.165) is 18.4 Å². The van der Waals surface area contributed by atoms with Gasteiger partial charge in [-0.25, -0.2) is 0 Å². The molecule has 1 heterocycles. The van der Waals surface area contributed by atoms with Gasteiger partial charge in [0.1, 0.15) is 0 Å². The van der Waals surface area contributed by atoms with Gasteiger partial charge in [-0.3, -0.25) is 4.79 Å². The molecule has 0 spiro atoms. The summed E-state index contributed by atoms with van der Waals surface area (Å²) < 4.78 is 0. The molecule has 1 aromatic carbocycles. The van der Waals surface area contributed by atoms with Crippen molar-refractivity contribution >= 4 is 16.8 Å². The highest BCUT2D eigenvalue weighted by molar-refractivity contribution is 5.86. The van der Waals surface area contributed by atoms with Gasteiger partial charge in [0.2, 0.25) is 5.91 Å². The molecule has 3 N–H and O–H groups in total. The number of benzene rings is 1. The van der Waals surface area contributed by atoms with Crippen molar-refractivity contribution in [3.05, 3.63) is 35.5 Å². The maximum absolute atomic E-state index is 11.4. The van der Waals surface area contributed by atoms with Crippen LogP contribution in [0.25, 0.3) is 10.9 Å². The number of carbonyl (C=O) groups excluding carboxylic acids is 1. The molecule has 3 rings (SSSR count). The minimum Gasteiger partial charge on any atom is -0.369 e. The van der Waals surface area contributed by atoms with E-state index in [1.165, 1.54) is 16.6 Å². The van der Waals surface area contributed by atoms with Gasteiger partial charge in [0.25, 0.3) is 0 Å². The van der Waals surface area contributed by atoms with Gasteiger partial charge in [0, 0.05) is 22.5 Å². The smallest absolute Gasteiger partial charge is 0.221 e. The second-order valence-corrected chi connectivity index (χ2v) is 5.02. The standard InChI is InChI=1S/C14H16N2O/c1-8-6-11-9-4-2-3-5-12(9)16-13(11)7-10(8)14(15)17/h2-5,8,10,16H,6-7H2,1H3,(H2,15,17). The van der Waals surface area contributed by atoms with Gasteiger partial charge in [0.05, 0.1) is 0 Å². The third kappa shape index (κ3) is 1.54. The summed E-state index contributed by atoms with van der Waals surface area (Å²) in [6.07, 6.45) is 1.69. The molecule has 0 saturated carbocycles. The Hall–Kier alpha value is -1.77. The molecule has 17 heavy (non-hydrogen) atoms. The number of carbonyl (C=O) groups is 1. The number of nitrogens with two attached hydrogens (primary N) is 1. The molecule has 1 aliphatic carbocycles. The fraction of sp³-hybridized carbons (Fsp3) is 0.357. The number of para-hydroxylation sites is 1. The van der Waals surface area contributed by atoms with E-state index in [-0.39, 0.29) is 11.8 Å². The first-order valence-corrected chi connectivity index (χ1v) is 6.04. The molecule has 0 fully saturated rings. The average Bonchev–Trinajstić information content (AvgIpc) is 2.65. The number of aromatic nitrogens is 1. The van der Waals surface area contributed by atoms with Crippen molar-refractivity contribution in [2.24, 2.45) is 17.6 Å². The third-order valence-electron chi connectivity index (χ3n) is 3.90. The van der Waals surface area contributed by atoms with Gasteiger partial charge in [-0.15, -0.1) is 0 Å². The lowest BCUT2D eigenvalue weighted by Gasteiger charge is -2.26. The molecule has 0 radical (unpaired) electrons.